The molecule has 4 heteroatoms. The van der Waals surface area contributed by atoms with Gasteiger partial charge in [-0.1, -0.05) is 32.0 Å². The van der Waals surface area contributed by atoms with Gasteiger partial charge in [-0.15, -0.1) is 11.8 Å². The fraction of sp³-hybridized carbons (Fsp3) is 0.412. The Balaban J connectivity index is 2.13. The monoisotopic (exact) mass is 302 g/mol. The molecule has 0 amide bonds. The molecule has 1 aromatic heterocycles. The van der Waals surface area contributed by atoms with Gasteiger partial charge in [-0.05, 0) is 31.2 Å². The highest BCUT2D eigenvalue weighted by Crippen LogP contribution is 2.21. The molecule has 0 aliphatic heterocycles. The molecule has 3 nitrogen and oxygen atoms in total. The molecule has 0 saturated heterocycles. The van der Waals surface area contributed by atoms with E-state index >= 15 is 0 Å². The molecule has 0 bridgehead atoms. The standard InChI is InChI=1S/C17H22N2OS/c1-4-14(5-2)19-11-10-13(18-19)12-16(20)15-8-6-7-9-17(15)21-3/h6-11,14H,4-5,12H2,1-3H3. The fourth-order valence-electron chi connectivity index (χ4n) is 2.47. The van der Waals surface area contributed by atoms with Gasteiger partial charge in [0.1, 0.15) is 0 Å². The Kier molecular flexibility index (Phi) is 5.62. The van der Waals surface area contributed by atoms with Gasteiger partial charge in [-0.25, -0.2) is 0 Å². The Bertz CT molecular complexity index is 602. The van der Waals surface area contributed by atoms with Crippen molar-refractivity contribution in [3.05, 3.63) is 47.8 Å². The Morgan fingerprint density at radius 3 is 2.62 bits per heavy atom. The van der Waals surface area contributed by atoms with Crippen LogP contribution in [0.4, 0.5) is 0 Å². The molecule has 1 aromatic carbocycles. The summed E-state index contributed by atoms with van der Waals surface area (Å²) in [4.78, 5) is 13.5. The lowest BCUT2D eigenvalue weighted by Gasteiger charge is -2.12. The van der Waals surface area contributed by atoms with Crippen LogP contribution in [0.15, 0.2) is 41.4 Å². The molecule has 0 fully saturated rings. The number of hydrogen-bond acceptors (Lipinski definition) is 3. The average Bonchev–Trinajstić information content (AvgIpc) is 2.96. The van der Waals surface area contributed by atoms with Crippen LogP contribution in [0.25, 0.3) is 0 Å². The van der Waals surface area contributed by atoms with Crippen molar-refractivity contribution in [2.75, 3.05) is 6.26 Å². The predicted octanol–water partition coefficient (Wildman–Crippen LogP) is 4.39. The molecule has 112 valence electrons. The van der Waals surface area contributed by atoms with Crippen molar-refractivity contribution in [3.63, 3.8) is 0 Å². The summed E-state index contributed by atoms with van der Waals surface area (Å²) >= 11 is 1.61. The van der Waals surface area contributed by atoms with Gasteiger partial charge >= 0.3 is 0 Å². The SMILES string of the molecule is CCC(CC)n1ccc(CC(=O)c2ccccc2SC)n1. The predicted molar refractivity (Wildman–Crippen MR) is 88.1 cm³/mol. The lowest BCUT2D eigenvalue weighted by Crippen LogP contribution is -2.10. The van der Waals surface area contributed by atoms with E-state index in [1.807, 2.05) is 47.5 Å². The molecule has 0 N–H and O–H groups in total. The van der Waals surface area contributed by atoms with Gasteiger partial charge in [0.15, 0.2) is 5.78 Å². The number of carbonyl (C=O) groups is 1. The average molecular weight is 302 g/mol. The minimum atomic E-state index is 0.134. The van der Waals surface area contributed by atoms with Gasteiger partial charge in [0.2, 0.25) is 0 Å². The van der Waals surface area contributed by atoms with Crippen LogP contribution in [0.3, 0.4) is 0 Å². The zero-order chi connectivity index (χ0) is 15.2. The first kappa shape index (κ1) is 15.8. The smallest absolute Gasteiger partial charge is 0.170 e. The molecular formula is C17H22N2OS. The van der Waals surface area contributed by atoms with E-state index < -0.39 is 0 Å². The quantitative estimate of drug-likeness (QED) is 0.562. The molecule has 0 atom stereocenters. The first-order chi connectivity index (χ1) is 10.2. The van der Waals surface area contributed by atoms with Crippen LogP contribution in [-0.2, 0) is 6.42 Å². The number of hydrogen-bond donors (Lipinski definition) is 0. The molecular weight excluding hydrogens is 280 g/mol. The highest BCUT2D eigenvalue weighted by Gasteiger charge is 2.14. The second kappa shape index (κ2) is 7.46. The molecule has 0 aliphatic rings. The summed E-state index contributed by atoms with van der Waals surface area (Å²) in [6.45, 7) is 4.32. The van der Waals surface area contributed by atoms with Crippen molar-refractivity contribution in [3.8, 4) is 0 Å². The zero-order valence-corrected chi connectivity index (χ0v) is 13.7. The maximum absolute atomic E-state index is 12.4. The zero-order valence-electron chi connectivity index (χ0n) is 12.9. The van der Waals surface area contributed by atoms with E-state index in [-0.39, 0.29) is 5.78 Å². The first-order valence-corrected chi connectivity index (χ1v) is 8.62. The van der Waals surface area contributed by atoms with Crippen LogP contribution in [0.1, 0.15) is 48.8 Å². The molecule has 0 saturated carbocycles. The second-order valence-corrected chi connectivity index (χ2v) is 5.91. The normalized spacial score (nSPS) is 11.0. The van der Waals surface area contributed by atoms with E-state index in [4.69, 9.17) is 0 Å². The minimum absolute atomic E-state index is 0.134. The summed E-state index contributed by atoms with van der Waals surface area (Å²) in [5.41, 5.74) is 1.64. The number of Topliss-reactive ketones (excluding diaryl/α,β-unsaturated/α-hetero) is 1. The minimum Gasteiger partial charge on any atom is -0.294 e. The third-order valence-electron chi connectivity index (χ3n) is 3.73. The van der Waals surface area contributed by atoms with Crippen molar-refractivity contribution in [1.82, 2.24) is 9.78 Å². The van der Waals surface area contributed by atoms with Crippen LogP contribution in [0.5, 0.6) is 0 Å². The molecule has 1 heterocycles. The maximum Gasteiger partial charge on any atom is 0.170 e. The van der Waals surface area contributed by atoms with Crippen molar-refractivity contribution >= 4 is 17.5 Å². The molecule has 0 aliphatic carbocycles. The molecule has 21 heavy (non-hydrogen) atoms. The number of benzene rings is 1. The molecule has 0 spiro atoms. The highest BCUT2D eigenvalue weighted by molar-refractivity contribution is 7.98. The molecule has 0 unspecified atom stereocenters. The summed E-state index contributed by atoms with van der Waals surface area (Å²) in [6.07, 6.45) is 6.46. The lowest BCUT2D eigenvalue weighted by atomic mass is 10.1. The van der Waals surface area contributed by atoms with Crippen LogP contribution in [0.2, 0.25) is 0 Å². The van der Waals surface area contributed by atoms with E-state index in [1.54, 1.807) is 11.8 Å². The summed E-state index contributed by atoms with van der Waals surface area (Å²) in [7, 11) is 0. The fourth-order valence-corrected chi connectivity index (χ4v) is 3.09. The largest absolute Gasteiger partial charge is 0.294 e. The first-order valence-electron chi connectivity index (χ1n) is 7.39. The number of nitrogens with zero attached hydrogens (tertiary/aromatic N) is 2. The Labute approximate surface area is 130 Å². The summed E-state index contributed by atoms with van der Waals surface area (Å²) < 4.78 is 1.99. The topological polar surface area (TPSA) is 34.9 Å². The number of aromatic nitrogens is 2. The van der Waals surface area contributed by atoms with Gasteiger partial charge in [0.25, 0.3) is 0 Å². The van der Waals surface area contributed by atoms with Crippen LogP contribution in [-0.4, -0.2) is 21.8 Å². The molecule has 0 radical (unpaired) electrons. The summed E-state index contributed by atoms with van der Waals surface area (Å²) in [5, 5.41) is 4.56. The Morgan fingerprint density at radius 2 is 1.95 bits per heavy atom. The van der Waals surface area contributed by atoms with E-state index in [0.29, 0.717) is 12.5 Å². The van der Waals surface area contributed by atoms with Crippen molar-refractivity contribution in [1.29, 1.82) is 0 Å². The summed E-state index contributed by atoms with van der Waals surface area (Å²) in [5.74, 6) is 0.134. The van der Waals surface area contributed by atoms with E-state index in [0.717, 1.165) is 29.0 Å². The maximum atomic E-state index is 12.4. The third kappa shape index (κ3) is 3.76. The number of carbonyl (C=O) groups excluding carboxylic acids is 1. The number of rotatable bonds is 7. The number of ketones is 1. The van der Waals surface area contributed by atoms with Gasteiger partial charge in [0, 0.05) is 16.7 Å². The van der Waals surface area contributed by atoms with Crippen molar-refractivity contribution in [2.45, 2.75) is 44.0 Å². The highest BCUT2D eigenvalue weighted by atomic mass is 32.2. The van der Waals surface area contributed by atoms with Crippen molar-refractivity contribution in [2.24, 2.45) is 0 Å². The molecule has 2 aromatic rings. The lowest BCUT2D eigenvalue weighted by molar-refractivity contribution is 0.0989. The van der Waals surface area contributed by atoms with Gasteiger partial charge in [0.05, 0.1) is 18.2 Å². The Morgan fingerprint density at radius 1 is 1.24 bits per heavy atom. The molecule has 2 rings (SSSR count). The van der Waals surface area contributed by atoms with Gasteiger partial charge in [-0.2, -0.15) is 5.10 Å². The van der Waals surface area contributed by atoms with Crippen LogP contribution in [0, 0.1) is 0 Å². The second-order valence-electron chi connectivity index (χ2n) is 5.06. The Hall–Kier alpha value is -1.55. The van der Waals surface area contributed by atoms with E-state index in [9.17, 15) is 4.79 Å². The van der Waals surface area contributed by atoms with Crippen LogP contribution < -0.4 is 0 Å². The number of thioether (sulfide) groups is 1. The summed E-state index contributed by atoms with van der Waals surface area (Å²) in [6, 6.07) is 10.1. The van der Waals surface area contributed by atoms with Crippen molar-refractivity contribution < 1.29 is 4.79 Å². The third-order valence-corrected chi connectivity index (χ3v) is 4.53. The van der Waals surface area contributed by atoms with E-state index in [1.165, 1.54) is 0 Å². The van der Waals surface area contributed by atoms with E-state index in [2.05, 4.69) is 18.9 Å². The van der Waals surface area contributed by atoms with Crippen LogP contribution >= 0.6 is 11.8 Å². The van der Waals surface area contributed by atoms with Gasteiger partial charge in [-0.3, -0.25) is 9.48 Å². The van der Waals surface area contributed by atoms with Gasteiger partial charge < -0.3 is 0 Å².